The number of rotatable bonds is 5. The first-order valence-corrected chi connectivity index (χ1v) is 5.51. The zero-order valence-electron chi connectivity index (χ0n) is 8.76. The molecule has 0 radical (unpaired) electrons. The van der Waals surface area contributed by atoms with E-state index in [4.69, 9.17) is 23.2 Å². The molecule has 1 rings (SSSR count). The van der Waals surface area contributed by atoms with Crippen molar-refractivity contribution < 1.29 is 4.79 Å². The van der Waals surface area contributed by atoms with Gasteiger partial charge in [0.05, 0.1) is 0 Å². The Hall–Kier alpha value is -0.910. The summed E-state index contributed by atoms with van der Waals surface area (Å²) in [5, 5.41) is 5.82. The predicted octanol–water partition coefficient (Wildman–Crippen LogP) is 1.72. The minimum absolute atomic E-state index is 0.141. The van der Waals surface area contributed by atoms with Crippen LogP contribution in [-0.4, -0.2) is 29.5 Å². The molecule has 0 unspecified atom stereocenters. The largest absolute Gasteiger partial charge is 0.321 e. The Kier molecular flexibility index (Phi) is 5.45. The van der Waals surface area contributed by atoms with Gasteiger partial charge >= 0.3 is 0 Å². The van der Waals surface area contributed by atoms with Gasteiger partial charge in [-0.1, -0.05) is 23.2 Å². The molecule has 0 fully saturated rings. The van der Waals surface area contributed by atoms with E-state index in [-0.39, 0.29) is 21.9 Å². The van der Waals surface area contributed by atoms with Crippen LogP contribution in [0, 0.1) is 0 Å². The maximum absolute atomic E-state index is 11.5. The van der Waals surface area contributed by atoms with Crippen LogP contribution in [-0.2, 0) is 4.79 Å². The van der Waals surface area contributed by atoms with Crippen LogP contribution in [0.3, 0.4) is 0 Å². The Balaban J connectivity index is 2.56. The van der Waals surface area contributed by atoms with Crippen LogP contribution >= 0.6 is 23.2 Å². The Bertz CT molecular complexity index is 352. The molecule has 0 saturated carbocycles. The van der Waals surface area contributed by atoms with Crippen molar-refractivity contribution in [1.29, 1.82) is 0 Å². The smallest absolute Gasteiger partial charge is 0.224 e. The molecule has 0 aromatic carbocycles. The van der Waals surface area contributed by atoms with Gasteiger partial charge in [-0.15, -0.1) is 0 Å². The highest BCUT2D eigenvalue weighted by Crippen LogP contribution is 2.25. The first-order valence-electron chi connectivity index (χ1n) is 4.75. The van der Waals surface area contributed by atoms with E-state index in [1.54, 1.807) is 0 Å². The second-order valence-electron chi connectivity index (χ2n) is 3.09. The molecule has 7 heteroatoms. The van der Waals surface area contributed by atoms with Gasteiger partial charge in [0.25, 0.3) is 0 Å². The molecule has 0 aliphatic heterocycles. The van der Waals surface area contributed by atoms with Crippen LogP contribution in [0.5, 0.6) is 0 Å². The van der Waals surface area contributed by atoms with Gasteiger partial charge in [-0.05, 0) is 20.0 Å². The van der Waals surface area contributed by atoms with Crippen LogP contribution in [0.1, 0.15) is 12.8 Å². The molecule has 0 aliphatic carbocycles. The fourth-order valence-corrected chi connectivity index (χ4v) is 1.48. The molecule has 1 heterocycles. The maximum Gasteiger partial charge on any atom is 0.224 e. The summed E-state index contributed by atoms with van der Waals surface area (Å²) in [6, 6.07) is 0. The van der Waals surface area contributed by atoms with Crippen molar-refractivity contribution in [2.75, 3.05) is 18.9 Å². The minimum Gasteiger partial charge on any atom is -0.321 e. The molecular formula is C9H12Cl2N4O. The van der Waals surface area contributed by atoms with Crippen molar-refractivity contribution >= 4 is 34.8 Å². The molecule has 5 nitrogen and oxygen atoms in total. The van der Waals surface area contributed by atoms with E-state index in [9.17, 15) is 4.79 Å². The third-order valence-electron chi connectivity index (χ3n) is 1.85. The molecule has 0 atom stereocenters. The van der Waals surface area contributed by atoms with Crippen LogP contribution in [0.25, 0.3) is 0 Å². The summed E-state index contributed by atoms with van der Waals surface area (Å²) in [7, 11) is 1.83. The summed E-state index contributed by atoms with van der Waals surface area (Å²) in [6.45, 7) is 0.778. The van der Waals surface area contributed by atoms with Crippen LogP contribution in [0.4, 0.5) is 5.69 Å². The maximum atomic E-state index is 11.5. The van der Waals surface area contributed by atoms with E-state index >= 15 is 0 Å². The Morgan fingerprint density at radius 1 is 1.38 bits per heavy atom. The highest BCUT2D eigenvalue weighted by Gasteiger charge is 2.11. The highest BCUT2D eigenvalue weighted by molar-refractivity contribution is 6.38. The average molecular weight is 263 g/mol. The van der Waals surface area contributed by atoms with Crippen molar-refractivity contribution in [3.63, 3.8) is 0 Å². The summed E-state index contributed by atoms with van der Waals surface area (Å²) >= 11 is 11.5. The van der Waals surface area contributed by atoms with Gasteiger partial charge < -0.3 is 10.6 Å². The zero-order chi connectivity index (χ0) is 12.0. The van der Waals surface area contributed by atoms with Crippen molar-refractivity contribution in [1.82, 2.24) is 15.3 Å². The van der Waals surface area contributed by atoms with Crippen molar-refractivity contribution in [2.24, 2.45) is 0 Å². The van der Waals surface area contributed by atoms with Crippen molar-refractivity contribution in [2.45, 2.75) is 12.8 Å². The second-order valence-corrected chi connectivity index (χ2v) is 3.80. The zero-order valence-corrected chi connectivity index (χ0v) is 10.3. The summed E-state index contributed by atoms with van der Waals surface area (Å²) in [6.07, 6.45) is 2.37. The summed E-state index contributed by atoms with van der Waals surface area (Å²) < 4.78 is 0. The van der Waals surface area contributed by atoms with E-state index < -0.39 is 0 Å². The Labute approximate surface area is 104 Å². The minimum atomic E-state index is -0.158. The molecular weight excluding hydrogens is 251 g/mol. The first-order chi connectivity index (χ1) is 7.65. The summed E-state index contributed by atoms with van der Waals surface area (Å²) in [4.78, 5) is 18.9. The number of nitrogens with zero attached hydrogens (tertiary/aromatic N) is 2. The van der Waals surface area contributed by atoms with Crippen molar-refractivity contribution in [3.8, 4) is 0 Å². The predicted molar refractivity (Wildman–Crippen MR) is 63.8 cm³/mol. The normalized spacial score (nSPS) is 10.2. The van der Waals surface area contributed by atoms with E-state index in [1.165, 1.54) is 6.33 Å². The third kappa shape index (κ3) is 3.92. The number of hydrogen-bond donors (Lipinski definition) is 2. The summed E-state index contributed by atoms with van der Waals surface area (Å²) in [5.41, 5.74) is 0.264. The molecule has 0 bridgehead atoms. The van der Waals surface area contributed by atoms with Crippen LogP contribution in [0.15, 0.2) is 6.33 Å². The van der Waals surface area contributed by atoms with Gasteiger partial charge in [-0.2, -0.15) is 0 Å². The fourth-order valence-electron chi connectivity index (χ4n) is 1.08. The number of carbonyl (C=O) groups is 1. The molecule has 0 spiro atoms. The number of nitrogens with one attached hydrogen (secondary N) is 2. The molecule has 0 saturated heterocycles. The molecule has 0 aliphatic rings. The number of hydrogen-bond acceptors (Lipinski definition) is 4. The van der Waals surface area contributed by atoms with Gasteiger partial charge in [0.15, 0.2) is 10.3 Å². The highest BCUT2D eigenvalue weighted by atomic mass is 35.5. The van der Waals surface area contributed by atoms with Gasteiger partial charge in [-0.25, -0.2) is 9.97 Å². The van der Waals surface area contributed by atoms with Crippen LogP contribution in [0.2, 0.25) is 10.3 Å². The van der Waals surface area contributed by atoms with Crippen LogP contribution < -0.4 is 10.6 Å². The average Bonchev–Trinajstić information content (AvgIpc) is 2.24. The van der Waals surface area contributed by atoms with Gasteiger partial charge in [0.2, 0.25) is 5.91 Å². The quantitative estimate of drug-likeness (QED) is 0.627. The topological polar surface area (TPSA) is 66.9 Å². The van der Waals surface area contributed by atoms with Gasteiger partial charge in [0, 0.05) is 6.42 Å². The van der Waals surface area contributed by atoms with E-state index in [0.29, 0.717) is 6.42 Å². The molecule has 1 amide bonds. The Morgan fingerprint density at radius 3 is 2.56 bits per heavy atom. The first kappa shape index (κ1) is 13.2. The number of anilines is 1. The van der Waals surface area contributed by atoms with E-state index in [1.807, 2.05) is 7.05 Å². The lowest BCUT2D eigenvalue weighted by Gasteiger charge is -2.07. The second kappa shape index (κ2) is 6.62. The number of carbonyl (C=O) groups excluding carboxylic acids is 1. The standard InChI is InChI=1S/C9H12Cl2N4O/c1-12-4-2-3-6(16)15-7-8(10)13-5-14-9(7)11/h5,12H,2-4H2,1H3,(H,15,16). The van der Waals surface area contributed by atoms with Crippen molar-refractivity contribution in [3.05, 3.63) is 16.6 Å². The number of aromatic nitrogens is 2. The van der Waals surface area contributed by atoms with E-state index in [2.05, 4.69) is 20.6 Å². The third-order valence-corrected chi connectivity index (χ3v) is 2.42. The number of amides is 1. The van der Waals surface area contributed by atoms with Gasteiger partial charge in [0.1, 0.15) is 12.0 Å². The molecule has 1 aromatic heterocycles. The lowest BCUT2D eigenvalue weighted by atomic mass is 10.3. The molecule has 1 aromatic rings. The molecule has 88 valence electrons. The van der Waals surface area contributed by atoms with E-state index in [0.717, 1.165) is 13.0 Å². The molecule has 2 N–H and O–H groups in total. The Morgan fingerprint density at radius 2 is 2.00 bits per heavy atom. The van der Waals surface area contributed by atoms with Gasteiger partial charge in [-0.3, -0.25) is 4.79 Å². The summed E-state index contributed by atoms with van der Waals surface area (Å²) in [5.74, 6) is -0.158. The fraction of sp³-hybridized carbons (Fsp3) is 0.444. The monoisotopic (exact) mass is 262 g/mol. The molecule has 16 heavy (non-hydrogen) atoms. The number of halogens is 2. The lowest BCUT2D eigenvalue weighted by Crippen LogP contribution is -2.16. The lowest BCUT2D eigenvalue weighted by molar-refractivity contribution is -0.116. The SMILES string of the molecule is CNCCCC(=O)Nc1c(Cl)ncnc1Cl.